The third kappa shape index (κ3) is 3.38. The minimum absolute atomic E-state index is 0.101. The topological polar surface area (TPSA) is 102 Å². The van der Waals surface area contributed by atoms with Crippen molar-refractivity contribution in [2.45, 2.75) is 13.5 Å². The van der Waals surface area contributed by atoms with Crippen molar-refractivity contribution in [1.82, 2.24) is 15.1 Å². The molecule has 21 heavy (non-hydrogen) atoms. The Hall–Kier alpha value is -2.83. The van der Waals surface area contributed by atoms with Gasteiger partial charge in [0.2, 0.25) is 5.91 Å². The Morgan fingerprint density at radius 1 is 1.38 bits per heavy atom. The average Bonchev–Trinajstić information content (AvgIpc) is 2.88. The molecule has 0 aliphatic heterocycles. The van der Waals surface area contributed by atoms with Crippen LogP contribution in [0.15, 0.2) is 30.6 Å². The molecule has 0 spiro atoms. The van der Waals surface area contributed by atoms with Gasteiger partial charge in [-0.25, -0.2) is 0 Å². The largest absolute Gasteiger partial charge is 0.398 e. The summed E-state index contributed by atoms with van der Waals surface area (Å²) in [6.07, 6.45) is 3.08. The fourth-order valence-electron chi connectivity index (χ4n) is 1.84. The Kier molecular flexibility index (Phi) is 4.22. The Morgan fingerprint density at radius 2 is 2.14 bits per heavy atom. The minimum atomic E-state index is -0.265. The number of nitrogens with one attached hydrogen (secondary N) is 2. The van der Waals surface area contributed by atoms with Crippen LogP contribution in [0.2, 0.25) is 0 Å². The number of carbonyl (C=O) groups is 2. The lowest BCUT2D eigenvalue weighted by Crippen LogP contribution is -2.23. The minimum Gasteiger partial charge on any atom is -0.398 e. The lowest BCUT2D eigenvalue weighted by atomic mass is 10.1. The maximum Gasteiger partial charge on any atom is 0.256 e. The highest BCUT2D eigenvalue weighted by Crippen LogP contribution is 2.17. The summed E-state index contributed by atoms with van der Waals surface area (Å²) in [5.41, 5.74) is 8.11. The molecule has 2 rings (SSSR count). The number of carbonyl (C=O) groups excluding carboxylic acids is 2. The van der Waals surface area contributed by atoms with E-state index >= 15 is 0 Å². The van der Waals surface area contributed by atoms with Gasteiger partial charge in [-0.3, -0.25) is 14.3 Å². The van der Waals surface area contributed by atoms with Crippen molar-refractivity contribution in [2.75, 3.05) is 18.1 Å². The Morgan fingerprint density at radius 3 is 2.86 bits per heavy atom. The quantitative estimate of drug-likeness (QED) is 0.723. The molecule has 0 fully saturated rings. The normalized spacial score (nSPS) is 10.2. The van der Waals surface area contributed by atoms with E-state index in [0.717, 1.165) is 5.56 Å². The molecule has 0 radical (unpaired) electrons. The molecule has 7 heteroatoms. The summed E-state index contributed by atoms with van der Waals surface area (Å²) < 4.78 is 1.45. The monoisotopic (exact) mass is 287 g/mol. The van der Waals surface area contributed by atoms with Crippen LogP contribution < -0.4 is 16.4 Å². The smallest absolute Gasteiger partial charge is 0.256 e. The summed E-state index contributed by atoms with van der Waals surface area (Å²) in [6, 6.07) is 5.18. The molecule has 0 saturated carbocycles. The summed E-state index contributed by atoms with van der Waals surface area (Å²) in [5, 5.41) is 9.24. The molecule has 0 bridgehead atoms. The van der Waals surface area contributed by atoms with E-state index in [1.54, 1.807) is 38.4 Å². The first-order chi connectivity index (χ1) is 10.0. The lowest BCUT2D eigenvalue weighted by Gasteiger charge is -2.07. The standard InChI is InChI=1S/C14H17N5O2/c1-9-11(4-3-5-12(9)15)14(21)18-10-6-17-19(7-10)8-13(20)16-2/h3-7H,8,15H2,1-2H3,(H,16,20)(H,18,21). The molecule has 2 aromatic rings. The van der Waals surface area contributed by atoms with Crippen molar-refractivity contribution in [3.05, 3.63) is 41.7 Å². The zero-order valence-corrected chi connectivity index (χ0v) is 11.9. The van der Waals surface area contributed by atoms with Crippen LogP contribution in [0.25, 0.3) is 0 Å². The molecule has 1 aromatic heterocycles. The van der Waals surface area contributed by atoms with Crippen LogP contribution in [0.4, 0.5) is 11.4 Å². The summed E-state index contributed by atoms with van der Waals surface area (Å²) in [6.45, 7) is 1.89. The Labute approximate surface area is 122 Å². The van der Waals surface area contributed by atoms with Crippen LogP contribution >= 0.6 is 0 Å². The SMILES string of the molecule is CNC(=O)Cn1cc(NC(=O)c2cccc(N)c2C)cn1. The number of aromatic nitrogens is 2. The van der Waals surface area contributed by atoms with E-state index in [1.807, 2.05) is 0 Å². The molecule has 7 nitrogen and oxygen atoms in total. The molecule has 110 valence electrons. The van der Waals surface area contributed by atoms with Gasteiger partial charge in [-0.1, -0.05) is 6.07 Å². The molecular weight excluding hydrogens is 270 g/mol. The molecule has 2 amide bonds. The van der Waals surface area contributed by atoms with Crippen LogP contribution in [0, 0.1) is 6.92 Å². The first-order valence-electron chi connectivity index (χ1n) is 6.40. The van der Waals surface area contributed by atoms with Crippen molar-refractivity contribution in [3.63, 3.8) is 0 Å². The van der Waals surface area contributed by atoms with E-state index in [2.05, 4.69) is 15.7 Å². The number of hydrogen-bond acceptors (Lipinski definition) is 4. The molecule has 1 aromatic carbocycles. The van der Waals surface area contributed by atoms with Gasteiger partial charge in [-0.2, -0.15) is 5.10 Å². The lowest BCUT2D eigenvalue weighted by molar-refractivity contribution is -0.121. The van der Waals surface area contributed by atoms with Gasteiger partial charge in [-0.05, 0) is 24.6 Å². The summed E-state index contributed by atoms with van der Waals surface area (Å²) in [5.74, 6) is -0.429. The van der Waals surface area contributed by atoms with Gasteiger partial charge in [0.15, 0.2) is 0 Å². The molecule has 0 atom stereocenters. The van der Waals surface area contributed by atoms with Gasteiger partial charge in [0, 0.05) is 24.5 Å². The maximum atomic E-state index is 12.2. The summed E-state index contributed by atoms with van der Waals surface area (Å²) >= 11 is 0. The van der Waals surface area contributed by atoms with E-state index in [4.69, 9.17) is 5.73 Å². The highest BCUT2D eigenvalue weighted by molar-refractivity contribution is 6.05. The van der Waals surface area contributed by atoms with Gasteiger partial charge in [0.25, 0.3) is 5.91 Å². The first kappa shape index (κ1) is 14.6. The van der Waals surface area contributed by atoms with E-state index in [-0.39, 0.29) is 18.4 Å². The van der Waals surface area contributed by atoms with Crippen molar-refractivity contribution >= 4 is 23.2 Å². The van der Waals surface area contributed by atoms with E-state index in [0.29, 0.717) is 16.9 Å². The number of anilines is 2. The van der Waals surface area contributed by atoms with Gasteiger partial charge in [0.1, 0.15) is 6.54 Å². The second-order valence-corrected chi connectivity index (χ2v) is 4.57. The van der Waals surface area contributed by atoms with Gasteiger partial charge >= 0.3 is 0 Å². The van der Waals surface area contributed by atoms with Crippen molar-refractivity contribution in [1.29, 1.82) is 0 Å². The number of likely N-dealkylation sites (N-methyl/N-ethyl adjacent to an activating group) is 1. The zero-order chi connectivity index (χ0) is 15.4. The second kappa shape index (κ2) is 6.08. The number of nitrogen functional groups attached to an aromatic ring is 1. The summed E-state index contributed by atoms with van der Waals surface area (Å²) in [7, 11) is 1.55. The fourth-order valence-corrected chi connectivity index (χ4v) is 1.84. The number of nitrogens with zero attached hydrogens (tertiary/aromatic N) is 2. The van der Waals surface area contributed by atoms with Crippen LogP contribution in [0.1, 0.15) is 15.9 Å². The van der Waals surface area contributed by atoms with E-state index < -0.39 is 0 Å². The zero-order valence-electron chi connectivity index (χ0n) is 11.9. The Balaban J connectivity index is 2.09. The first-order valence-corrected chi connectivity index (χ1v) is 6.40. The van der Waals surface area contributed by atoms with Gasteiger partial charge in [0.05, 0.1) is 11.9 Å². The molecule has 0 aliphatic rings. The Bertz CT molecular complexity index is 678. The summed E-state index contributed by atoms with van der Waals surface area (Å²) in [4.78, 5) is 23.4. The molecule has 0 aliphatic carbocycles. The maximum absolute atomic E-state index is 12.2. The van der Waals surface area contributed by atoms with Crippen molar-refractivity contribution in [2.24, 2.45) is 0 Å². The van der Waals surface area contributed by atoms with Gasteiger partial charge in [-0.15, -0.1) is 0 Å². The number of hydrogen-bond donors (Lipinski definition) is 3. The second-order valence-electron chi connectivity index (χ2n) is 4.57. The van der Waals surface area contributed by atoms with Crippen LogP contribution in [0.5, 0.6) is 0 Å². The van der Waals surface area contributed by atoms with Crippen molar-refractivity contribution < 1.29 is 9.59 Å². The van der Waals surface area contributed by atoms with Crippen LogP contribution in [-0.2, 0) is 11.3 Å². The van der Waals surface area contributed by atoms with Crippen LogP contribution in [0.3, 0.4) is 0 Å². The predicted octanol–water partition coefficient (Wildman–Crippen LogP) is 0.772. The highest BCUT2D eigenvalue weighted by atomic mass is 16.2. The predicted molar refractivity (Wildman–Crippen MR) is 79.8 cm³/mol. The fraction of sp³-hybridized carbons (Fsp3) is 0.214. The third-order valence-electron chi connectivity index (χ3n) is 3.10. The molecular formula is C14H17N5O2. The van der Waals surface area contributed by atoms with E-state index in [1.165, 1.54) is 10.9 Å². The molecule has 0 saturated heterocycles. The highest BCUT2D eigenvalue weighted by Gasteiger charge is 2.12. The third-order valence-corrected chi connectivity index (χ3v) is 3.10. The number of amides is 2. The molecule has 1 heterocycles. The number of nitrogens with two attached hydrogens (primary N) is 1. The average molecular weight is 287 g/mol. The van der Waals surface area contributed by atoms with Crippen LogP contribution in [-0.4, -0.2) is 28.6 Å². The molecule has 4 N–H and O–H groups in total. The van der Waals surface area contributed by atoms with Crippen molar-refractivity contribution in [3.8, 4) is 0 Å². The molecule has 0 unspecified atom stereocenters. The number of rotatable bonds is 4. The van der Waals surface area contributed by atoms with E-state index in [9.17, 15) is 9.59 Å². The number of benzene rings is 1. The van der Waals surface area contributed by atoms with Gasteiger partial charge < -0.3 is 16.4 Å².